The molecule has 0 aliphatic carbocycles. The van der Waals surface area contributed by atoms with Crippen molar-refractivity contribution >= 4 is 18.3 Å². The van der Waals surface area contributed by atoms with Crippen LogP contribution in [0.25, 0.3) is 0 Å². The Labute approximate surface area is 169 Å². The summed E-state index contributed by atoms with van der Waals surface area (Å²) < 4.78 is 21.2. The van der Waals surface area contributed by atoms with Crippen LogP contribution in [0, 0.1) is 12.7 Å². The largest absolute Gasteiger partial charge is 0.370 e. The molecule has 9 heteroatoms. The molecule has 7 nitrogen and oxygen atoms in total. The van der Waals surface area contributed by atoms with E-state index in [4.69, 9.17) is 4.74 Å². The van der Waals surface area contributed by atoms with Crippen LogP contribution in [-0.2, 0) is 4.74 Å². The van der Waals surface area contributed by atoms with E-state index in [-0.39, 0.29) is 36.3 Å². The molecule has 2 saturated heterocycles. The highest BCUT2D eigenvalue weighted by Crippen LogP contribution is 2.25. The van der Waals surface area contributed by atoms with E-state index in [1.54, 1.807) is 11.0 Å². The Balaban J connectivity index is 0.00000225. The van der Waals surface area contributed by atoms with Crippen molar-refractivity contribution in [3.8, 4) is 0 Å². The molecule has 3 heterocycles. The Hall–Kier alpha value is -2.03. The Morgan fingerprint density at radius 1 is 1.32 bits per heavy atom. The number of carbonyl (C=O) groups excluding carboxylic acids is 1. The fraction of sp³-hybridized carbons (Fsp3) is 0.526. The van der Waals surface area contributed by atoms with E-state index in [0.29, 0.717) is 25.4 Å². The lowest BCUT2D eigenvalue weighted by Gasteiger charge is -2.33. The number of carbonyl (C=O) groups is 1. The molecule has 28 heavy (non-hydrogen) atoms. The van der Waals surface area contributed by atoms with Crippen molar-refractivity contribution in [2.45, 2.75) is 31.9 Å². The number of hydrogen-bond acceptors (Lipinski definition) is 5. The maximum Gasteiger partial charge on any atom is 0.276 e. The molecule has 0 bridgehead atoms. The van der Waals surface area contributed by atoms with Crippen LogP contribution in [0.1, 0.15) is 46.7 Å². The second kappa shape index (κ2) is 8.98. The van der Waals surface area contributed by atoms with Crippen LogP contribution in [0.5, 0.6) is 0 Å². The summed E-state index contributed by atoms with van der Waals surface area (Å²) >= 11 is 0. The van der Waals surface area contributed by atoms with Gasteiger partial charge in [-0.2, -0.15) is 0 Å². The number of amides is 1. The van der Waals surface area contributed by atoms with Crippen LogP contribution in [0.4, 0.5) is 4.39 Å². The maximum atomic E-state index is 13.5. The number of rotatable bonds is 3. The van der Waals surface area contributed by atoms with E-state index in [1.165, 1.54) is 12.1 Å². The average molecular weight is 410 g/mol. The molecular weight excluding hydrogens is 385 g/mol. The molecule has 1 N–H and O–H groups in total. The van der Waals surface area contributed by atoms with Gasteiger partial charge in [0.1, 0.15) is 11.9 Å². The summed E-state index contributed by atoms with van der Waals surface area (Å²) in [5.41, 5.74) is 1.94. The van der Waals surface area contributed by atoms with Crippen molar-refractivity contribution in [1.82, 2.24) is 25.2 Å². The number of benzene rings is 1. The summed E-state index contributed by atoms with van der Waals surface area (Å²) in [6.45, 7) is 5.08. The number of piperidine rings is 1. The normalized spacial score (nSPS) is 20.6. The van der Waals surface area contributed by atoms with Crippen molar-refractivity contribution in [3.05, 3.63) is 47.0 Å². The fourth-order valence-electron chi connectivity index (χ4n) is 3.83. The van der Waals surface area contributed by atoms with Gasteiger partial charge in [-0.15, -0.1) is 17.5 Å². The number of halogens is 2. The highest BCUT2D eigenvalue weighted by atomic mass is 35.5. The molecule has 2 fully saturated rings. The van der Waals surface area contributed by atoms with Gasteiger partial charge in [-0.25, -0.2) is 9.07 Å². The second-order valence-electron chi connectivity index (χ2n) is 7.11. The first-order valence-electron chi connectivity index (χ1n) is 9.42. The van der Waals surface area contributed by atoms with Gasteiger partial charge in [0.05, 0.1) is 24.9 Å². The number of hydrogen-bond donors (Lipinski definition) is 1. The van der Waals surface area contributed by atoms with Gasteiger partial charge in [0.2, 0.25) is 0 Å². The summed E-state index contributed by atoms with van der Waals surface area (Å²) in [6, 6.07) is 6.61. The third kappa shape index (κ3) is 4.19. The molecule has 1 aromatic carbocycles. The quantitative estimate of drug-likeness (QED) is 0.842. The molecule has 0 radical (unpaired) electrons. The van der Waals surface area contributed by atoms with E-state index in [1.807, 2.05) is 17.7 Å². The van der Waals surface area contributed by atoms with E-state index in [2.05, 4.69) is 15.6 Å². The average Bonchev–Trinajstić information content (AvgIpc) is 3.09. The first kappa shape index (κ1) is 20.7. The van der Waals surface area contributed by atoms with Crippen molar-refractivity contribution in [3.63, 3.8) is 0 Å². The first-order valence-corrected chi connectivity index (χ1v) is 9.42. The van der Waals surface area contributed by atoms with Crippen LogP contribution in [0.3, 0.4) is 0 Å². The van der Waals surface area contributed by atoms with Crippen molar-refractivity contribution in [2.75, 3.05) is 32.8 Å². The van der Waals surface area contributed by atoms with Gasteiger partial charge in [0.25, 0.3) is 5.91 Å². The predicted molar refractivity (Wildman–Crippen MR) is 104 cm³/mol. The minimum absolute atomic E-state index is 0. The summed E-state index contributed by atoms with van der Waals surface area (Å²) in [7, 11) is 0. The molecule has 2 aromatic rings. The van der Waals surface area contributed by atoms with Gasteiger partial charge in [0, 0.05) is 6.54 Å². The zero-order valence-corrected chi connectivity index (χ0v) is 16.6. The molecule has 1 atom stereocenters. The predicted octanol–water partition coefficient (Wildman–Crippen LogP) is 2.29. The molecule has 0 saturated carbocycles. The lowest BCUT2D eigenvalue weighted by atomic mass is 10.1. The minimum Gasteiger partial charge on any atom is -0.370 e. The number of ether oxygens (including phenoxy) is 1. The van der Waals surface area contributed by atoms with Crippen LogP contribution >= 0.6 is 12.4 Å². The molecular formula is C19H25ClFN5O2. The van der Waals surface area contributed by atoms with Gasteiger partial charge in [-0.1, -0.05) is 17.3 Å². The molecule has 1 unspecified atom stereocenters. The third-order valence-corrected chi connectivity index (χ3v) is 5.36. The number of nitrogens with zero attached hydrogens (tertiary/aromatic N) is 4. The van der Waals surface area contributed by atoms with E-state index in [0.717, 1.165) is 37.2 Å². The van der Waals surface area contributed by atoms with Gasteiger partial charge in [-0.05, 0) is 50.6 Å². The lowest BCUT2D eigenvalue weighted by molar-refractivity contribution is -0.0231. The summed E-state index contributed by atoms with van der Waals surface area (Å²) in [6.07, 6.45) is 1.63. The Morgan fingerprint density at radius 2 is 2.11 bits per heavy atom. The molecule has 0 spiro atoms. The van der Waals surface area contributed by atoms with Crippen LogP contribution in [-0.4, -0.2) is 58.6 Å². The third-order valence-electron chi connectivity index (χ3n) is 5.36. The van der Waals surface area contributed by atoms with Gasteiger partial charge < -0.3 is 15.0 Å². The van der Waals surface area contributed by atoms with Crippen molar-refractivity contribution < 1.29 is 13.9 Å². The smallest absolute Gasteiger partial charge is 0.276 e. The van der Waals surface area contributed by atoms with Crippen LogP contribution < -0.4 is 5.32 Å². The number of morpholine rings is 1. The van der Waals surface area contributed by atoms with Crippen LogP contribution in [0.15, 0.2) is 24.3 Å². The summed E-state index contributed by atoms with van der Waals surface area (Å²) in [5.74, 6) is -0.447. The lowest BCUT2D eigenvalue weighted by Crippen LogP contribution is -2.42. The number of aromatic nitrogens is 3. The molecule has 1 amide bonds. The molecule has 2 aliphatic heterocycles. The Morgan fingerprint density at radius 3 is 2.86 bits per heavy atom. The first-order chi connectivity index (χ1) is 13.1. The van der Waals surface area contributed by atoms with Gasteiger partial charge in [-0.3, -0.25) is 4.79 Å². The highest BCUT2D eigenvalue weighted by Gasteiger charge is 2.30. The monoisotopic (exact) mass is 409 g/mol. The van der Waals surface area contributed by atoms with Gasteiger partial charge >= 0.3 is 0 Å². The fourth-order valence-corrected chi connectivity index (χ4v) is 3.83. The van der Waals surface area contributed by atoms with E-state index >= 15 is 0 Å². The summed E-state index contributed by atoms with van der Waals surface area (Å²) in [4.78, 5) is 14.8. The minimum atomic E-state index is -0.335. The van der Waals surface area contributed by atoms with Crippen molar-refractivity contribution in [1.29, 1.82) is 0 Å². The topological polar surface area (TPSA) is 72.3 Å². The molecule has 1 aromatic heterocycles. The standard InChI is InChI=1S/C19H24FN5O2.ClH/c1-13-18(22-23-25(13)16-5-7-21-8-6-16)19(26)24-9-10-27-17(12-24)14-3-2-4-15(20)11-14;/h2-4,11,16-17,21H,5-10,12H2,1H3;1H. The molecule has 152 valence electrons. The Kier molecular flexibility index (Phi) is 6.64. The number of nitrogens with one attached hydrogen (secondary N) is 1. The van der Waals surface area contributed by atoms with Crippen LogP contribution in [0.2, 0.25) is 0 Å². The van der Waals surface area contributed by atoms with E-state index < -0.39 is 0 Å². The molecule has 2 aliphatic rings. The van der Waals surface area contributed by atoms with Gasteiger partial charge in [0.15, 0.2) is 5.69 Å². The van der Waals surface area contributed by atoms with E-state index in [9.17, 15) is 9.18 Å². The maximum absolute atomic E-state index is 13.5. The Bertz CT molecular complexity index is 824. The second-order valence-corrected chi connectivity index (χ2v) is 7.11. The molecule has 4 rings (SSSR count). The highest BCUT2D eigenvalue weighted by molar-refractivity contribution is 5.93. The zero-order chi connectivity index (χ0) is 18.8. The zero-order valence-electron chi connectivity index (χ0n) is 15.8. The summed E-state index contributed by atoms with van der Waals surface area (Å²) in [5, 5.41) is 11.8. The van der Waals surface area contributed by atoms with Crippen molar-refractivity contribution in [2.24, 2.45) is 0 Å². The SMILES string of the molecule is Cc1c(C(=O)N2CCOC(c3cccc(F)c3)C2)nnn1C1CCNCC1.Cl.